The van der Waals surface area contributed by atoms with Gasteiger partial charge >= 0.3 is 29.7 Å². The van der Waals surface area contributed by atoms with Crippen LogP contribution in [-0.4, -0.2) is 36.3 Å². The second kappa shape index (κ2) is 9.25. The summed E-state index contributed by atoms with van der Waals surface area (Å²) in [5, 5.41) is 0. The molecule has 0 aliphatic rings. The topological polar surface area (TPSA) is 26.3 Å². The van der Waals surface area contributed by atoms with Gasteiger partial charge in [0.15, 0.2) is 0 Å². The van der Waals surface area contributed by atoms with Crippen molar-refractivity contribution < 1.29 is 9.09 Å². The van der Waals surface area contributed by atoms with E-state index in [2.05, 4.69) is 12.2 Å². The molecule has 0 saturated carbocycles. The summed E-state index contributed by atoms with van der Waals surface area (Å²) >= 11 is 5.27. The molecule has 0 aromatic carbocycles. The molecule has 0 fully saturated rings. The number of rotatable bonds is 6. The van der Waals surface area contributed by atoms with Gasteiger partial charge in [0.05, 0.1) is 6.61 Å². The Morgan fingerprint density at radius 3 is 2.42 bits per heavy atom. The molecular weight excluding hydrogens is 318 g/mol. The van der Waals surface area contributed by atoms with E-state index in [1.54, 1.807) is 0 Å². The molecule has 0 aromatic rings. The fourth-order valence-corrected chi connectivity index (χ4v) is 4.02. The zero-order chi connectivity index (χ0) is 8.74. The van der Waals surface area contributed by atoms with Crippen LogP contribution in [0.2, 0.25) is 0 Å². The van der Waals surface area contributed by atoms with Crippen LogP contribution in [0.3, 0.4) is 0 Å². The van der Waals surface area contributed by atoms with E-state index in [9.17, 15) is 4.57 Å². The fraction of sp³-hybridized carbons (Fsp3) is 1.00. The molecule has 0 aliphatic heterocycles. The Labute approximate surface area is 101 Å². The summed E-state index contributed by atoms with van der Waals surface area (Å²) in [6, 6.07) is 0. The summed E-state index contributed by atoms with van der Waals surface area (Å²) in [5.74, 6) is -1.76. The molecule has 2 radical (unpaired) electrons. The third-order valence-corrected chi connectivity index (χ3v) is 5.57. The molecule has 0 bridgehead atoms. The summed E-state index contributed by atoms with van der Waals surface area (Å²) in [6.07, 6.45) is 1.89. The maximum atomic E-state index is 11.3. The molecule has 74 valence electrons. The third kappa shape index (κ3) is 9.77. The van der Waals surface area contributed by atoms with Gasteiger partial charge in [0.25, 0.3) is 0 Å². The number of hydrogen-bond donors (Lipinski definition) is 1. The van der Waals surface area contributed by atoms with Crippen molar-refractivity contribution in [1.29, 1.82) is 0 Å². The van der Waals surface area contributed by atoms with Crippen LogP contribution in [0.25, 0.3) is 0 Å². The van der Waals surface area contributed by atoms with Crippen LogP contribution < -0.4 is 0 Å². The molecule has 0 heterocycles. The van der Waals surface area contributed by atoms with Gasteiger partial charge in [0.2, 0.25) is 0 Å². The van der Waals surface area contributed by atoms with Crippen molar-refractivity contribution in [2.24, 2.45) is 0 Å². The minimum absolute atomic E-state index is 0. The van der Waals surface area contributed by atoms with Crippen molar-refractivity contribution in [1.82, 2.24) is 0 Å². The van der Waals surface area contributed by atoms with Crippen molar-refractivity contribution in [3.63, 3.8) is 0 Å². The van der Waals surface area contributed by atoms with E-state index in [4.69, 9.17) is 4.52 Å². The van der Waals surface area contributed by atoms with E-state index < -0.39 is 5.77 Å². The molecule has 0 amide bonds. The van der Waals surface area contributed by atoms with Gasteiger partial charge in [-0.2, -0.15) is 0 Å². The normalized spacial score (nSPS) is 14.9. The van der Waals surface area contributed by atoms with Crippen molar-refractivity contribution in [2.45, 2.75) is 26.7 Å². The average Bonchev–Trinajstić information content (AvgIpc) is 1.97. The Bertz CT molecular complexity index is 134. The molecule has 0 aromatic heterocycles. The summed E-state index contributed by atoms with van der Waals surface area (Å²) in [7, 11) is 0. The van der Waals surface area contributed by atoms with Crippen LogP contribution in [-0.2, 0) is 9.09 Å². The molecule has 6 heteroatoms. The van der Waals surface area contributed by atoms with Gasteiger partial charge in [0, 0.05) is 5.75 Å². The summed E-state index contributed by atoms with van der Waals surface area (Å²) in [4.78, 5) is 0. The number of hydrogen-bond acceptors (Lipinski definition) is 3. The van der Waals surface area contributed by atoms with Crippen LogP contribution >= 0.6 is 29.4 Å². The molecule has 0 rings (SSSR count). The SMILES string of the molecule is CCCOP(=O)(S)SCCC.[SnH2]. The Kier molecular flexibility index (Phi) is 12.4. The van der Waals surface area contributed by atoms with Gasteiger partial charge in [-0.1, -0.05) is 37.5 Å². The predicted octanol–water partition coefficient (Wildman–Crippen LogP) is 2.68. The summed E-state index contributed by atoms with van der Waals surface area (Å²) < 4.78 is 16.4. The molecule has 1 unspecified atom stereocenters. The van der Waals surface area contributed by atoms with Crippen molar-refractivity contribution in [3.8, 4) is 0 Å². The Morgan fingerprint density at radius 2 is 2.00 bits per heavy atom. The zero-order valence-electron chi connectivity index (χ0n) is 7.65. The first-order chi connectivity index (χ1) is 5.12. The van der Waals surface area contributed by atoms with Crippen LogP contribution in [0.4, 0.5) is 0 Å². The van der Waals surface area contributed by atoms with Gasteiger partial charge in [-0.25, -0.2) is 0 Å². The van der Waals surface area contributed by atoms with Crippen molar-refractivity contribution in [2.75, 3.05) is 12.4 Å². The van der Waals surface area contributed by atoms with Gasteiger partial charge in [0.1, 0.15) is 0 Å². The standard InChI is InChI=1S/C6H15O2PS2.Sn.2H/c1-3-5-8-9(7,10)11-6-4-2;;;/h3-6H2,1-2H3,(H,7,10);;;. The molecule has 12 heavy (non-hydrogen) atoms. The first-order valence-corrected chi connectivity index (χ1v) is 8.11. The van der Waals surface area contributed by atoms with Gasteiger partial charge in [-0.05, 0) is 12.8 Å². The zero-order valence-corrected chi connectivity index (χ0v) is 14.3. The van der Waals surface area contributed by atoms with E-state index in [0.29, 0.717) is 6.61 Å². The second-order valence-electron chi connectivity index (χ2n) is 2.14. The maximum absolute atomic E-state index is 11.3. The van der Waals surface area contributed by atoms with Crippen molar-refractivity contribution in [3.05, 3.63) is 0 Å². The van der Waals surface area contributed by atoms with E-state index in [1.165, 1.54) is 11.4 Å². The molecular formula is C6H17O2PS2Sn. The summed E-state index contributed by atoms with van der Waals surface area (Å²) in [6.45, 7) is 4.57. The van der Waals surface area contributed by atoms with Gasteiger partial charge < -0.3 is 4.52 Å². The molecule has 0 saturated heterocycles. The third-order valence-electron chi connectivity index (χ3n) is 0.917. The molecule has 0 spiro atoms. The minimum atomic E-state index is -2.61. The first-order valence-electron chi connectivity index (χ1n) is 3.74. The monoisotopic (exact) mass is 336 g/mol. The van der Waals surface area contributed by atoms with Gasteiger partial charge in [-0.3, -0.25) is 4.57 Å². The van der Waals surface area contributed by atoms with E-state index in [0.717, 1.165) is 18.6 Å². The van der Waals surface area contributed by atoms with Crippen molar-refractivity contribution >= 4 is 53.3 Å². The summed E-state index contributed by atoms with van der Waals surface area (Å²) in [5.41, 5.74) is 0. The first kappa shape index (κ1) is 16.1. The van der Waals surface area contributed by atoms with Crippen LogP contribution in [0.15, 0.2) is 0 Å². The van der Waals surface area contributed by atoms with E-state index in [-0.39, 0.29) is 23.9 Å². The Balaban J connectivity index is 0. The Morgan fingerprint density at radius 1 is 1.42 bits per heavy atom. The molecule has 2 nitrogen and oxygen atoms in total. The average molecular weight is 335 g/mol. The van der Waals surface area contributed by atoms with Gasteiger partial charge in [-0.15, -0.1) is 0 Å². The van der Waals surface area contributed by atoms with Crippen LogP contribution in [0.5, 0.6) is 0 Å². The molecule has 0 N–H and O–H groups in total. The second-order valence-corrected chi connectivity index (χ2v) is 8.61. The van der Waals surface area contributed by atoms with E-state index in [1.807, 2.05) is 13.8 Å². The predicted molar refractivity (Wildman–Crippen MR) is 64.1 cm³/mol. The quantitative estimate of drug-likeness (QED) is 0.459. The van der Waals surface area contributed by atoms with E-state index >= 15 is 0 Å². The number of thiol groups is 1. The van der Waals surface area contributed by atoms with Crippen LogP contribution in [0, 0.1) is 0 Å². The molecule has 1 atom stereocenters. The van der Waals surface area contributed by atoms with Crippen LogP contribution in [0.1, 0.15) is 26.7 Å². The Hall–Kier alpha value is 1.69. The molecule has 0 aliphatic carbocycles. The fourth-order valence-electron chi connectivity index (χ4n) is 0.451.